The van der Waals surface area contributed by atoms with Gasteiger partial charge in [0.1, 0.15) is 37.4 Å². The third-order valence-corrected chi connectivity index (χ3v) is 15.0. The molecule has 20 nitrogen and oxygen atoms in total. The van der Waals surface area contributed by atoms with Gasteiger partial charge < -0.3 is 60.2 Å². The zero-order chi connectivity index (χ0) is 55.2. The molecule has 2 fully saturated rings. The maximum atomic E-state index is 14.0. The number of aliphatic hydroxyl groups is 2. The molecule has 2 aromatic heterocycles. The number of likely N-dealkylation sites (tertiary alicyclic amines) is 2. The smallest absolute Gasteiger partial charge is 0.246 e. The van der Waals surface area contributed by atoms with Crippen LogP contribution in [0.1, 0.15) is 76.9 Å². The molecular formula is C54H74N8O12S2. The fraction of sp³-hybridized carbons (Fsp3) is 0.556. The third kappa shape index (κ3) is 16.9. The van der Waals surface area contributed by atoms with E-state index in [0.717, 1.165) is 43.4 Å². The number of carbonyl (C=O) groups excluding carboxylic acids is 6. The van der Waals surface area contributed by atoms with Crippen molar-refractivity contribution in [1.29, 1.82) is 0 Å². The first kappa shape index (κ1) is 59.5. The molecule has 0 aliphatic carbocycles. The van der Waals surface area contributed by atoms with Crippen LogP contribution in [0.5, 0.6) is 0 Å². The quantitative estimate of drug-likeness (QED) is 0.0520. The van der Waals surface area contributed by atoms with E-state index in [4.69, 9.17) is 18.9 Å². The maximum Gasteiger partial charge on any atom is 0.246 e. The van der Waals surface area contributed by atoms with Gasteiger partial charge in [0.25, 0.3) is 0 Å². The molecule has 6 amide bonds. The average Bonchev–Trinajstić information content (AvgIpc) is 4.20. The van der Waals surface area contributed by atoms with Crippen molar-refractivity contribution in [2.45, 2.75) is 118 Å². The number of amides is 6. The van der Waals surface area contributed by atoms with Crippen molar-refractivity contribution in [3.05, 3.63) is 82.1 Å². The van der Waals surface area contributed by atoms with Crippen LogP contribution in [-0.2, 0) is 60.8 Å². The van der Waals surface area contributed by atoms with Crippen LogP contribution in [0.2, 0.25) is 0 Å². The number of benzene rings is 2. The molecule has 6 unspecified atom stereocenters. The van der Waals surface area contributed by atoms with Crippen molar-refractivity contribution >= 4 is 58.1 Å². The van der Waals surface area contributed by atoms with E-state index in [1.54, 1.807) is 75.2 Å². The fourth-order valence-corrected chi connectivity index (χ4v) is 10.5. The van der Waals surface area contributed by atoms with Crippen molar-refractivity contribution in [1.82, 2.24) is 41.0 Å². The number of aromatic nitrogens is 2. The monoisotopic (exact) mass is 1090 g/mol. The Morgan fingerprint density at radius 2 is 0.921 bits per heavy atom. The minimum atomic E-state index is -1.01. The molecular weight excluding hydrogens is 1020 g/mol. The summed E-state index contributed by atoms with van der Waals surface area (Å²) in [6.45, 7) is 15.4. The Bertz CT molecular complexity index is 2400. The summed E-state index contributed by atoms with van der Waals surface area (Å²) < 4.78 is 22.1. The Kier molecular flexibility index (Phi) is 21.6. The average molecular weight is 1090 g/mol. The molecule has 2 saturated heterocycles. The van der Waals surface area contributed by atoms with Crippen LogP contribution in [0.4, 0.5) is 0 Å². The van der Waals surface area contributed by atoms with Crippen molar-refractivity contribution in [3.8, 4) is 20.9 Å². The van der Waals surface area contributed by atoms with Crippen LogP contribution in [0.15, 0.2) is 59.6 Å². The molecule has 4 heterocycles. The number of nitrogens with zero attached hydrogens (tertiary/aromatic N) is 4. The van der Waals surface area contributed by atoms with Gasteiger partial charge in [0.2, 0.25) is 35.4 Å². The van der Waals surface area contributed by atoms with Crippen LogP contribution < -0.4 is 21.3 Å². The van der Waals surface area contributed by atoms with E-state index < -0.39 is 82.6 Å². The predicted molar refractivity (Wildman–Crippen MR) is 287 cm³/mol. The van der Waals surface area contributed by atoms with Crippen LogP contribution in [0.3, 0.4) is 0 Å². The summed E-state index contributed by atoms with van der Waals surface area (Å²) in [5.41, 5.74) is 7.84. The second kappa shape index (κ2) is 27.5. The predicted octanol–water partition coefficient (Wildman–Crippen LogP) is 3.53. The van der Waals surface area contributed by atoms with Gasteiger partial charge in [-0.05, 0) is 46.9 Å². The first-order chi connectivity index (χ1) is 36.1. The summed E-state index contributed by atoms with van der Waals surface area (Å²) >= 11 is 3.12. The normalized spacial score (nSPS) is 18.6. The Labute approximate surface area is 452 Å². The molecule has 0 saturated carbocycles. The standard InChI is InChI=1S/C54H74N8O12S2/c1-33-45(75-31-57-33)37-13-9-35(10-14-37)25-55-49(67)41-23-39(63)27-61(41)51(69)47(53(3,4)5)59-43(65)29-73-21-19-71-17-18-72-20-22-74-30-44(66)60-48(54(6,7)8)52(70)62-28-40(64)24-42(62)50(68)56-26-36-11-15-38(16-12-36)46-34(2)58-32-76-46/h9-16,31-32,39-42,47-48,63-64H,17-30H2,1-8H3,(H,55,67)(H,56,68)(H,59,65)(H,60,66). The number of aryl methyl sites for hydroxylation is 2. The lowest BCUT2D eigenvalue weighted by atomic mass is 9.85. The summed E-state index contributed by atoms with van der Waals surface area (Å²) in [4.78, 5) is 94.3. The van der Waals surface area contributed by atoms with E-state index in [2.05, 4.69) is 31.2 Å². The molecule has 4 aromatic rings. The highest BCUT2D eigenvalue weighted by Crippen LogP contribution is 2.31. The highest BCUT2D eigenvalue weighted by molar-refractivity contribution is 7.13. The summed E-state index contributed by atoms with van der Waals surface area (Å²) in [7, 11) is 0. The number of ether oxygens (including phenoxy) is 4. The topological polar surface area (TPSA) is 260 Å². The molecule has 22 heteroatoms. The van der Waals surface area contributed by atoms with E-state index in [9.17, 15) is 39.0 Å². The Morgan fingerprint density at radius 3 is 1.24 bits per heavy atom. The van der Waals surface area contributed by atoms with Crippen LogP contribution >= 0.6 is 22.7 Å². The Balaban J connectivity index is 0.832. The summed E-state index contributed by atoms with van der Waals surface area (Å²) in [5, 5.41) is 32.5. The molecule has 2 aliphatic heterocycles. The van der Waals surface area contributed by atoms with Gasteiger partial charge in [0.15, 0.2) is 0 Å². The van der Waals surface area contributed by atoms with Gasteiger partial charge in [0, 0.05) is 39.0 Å². The van der Waals surface area contributed by atoms with Gasteiger partial charge >= 0.3 is 0 Å². The van der Waals surface area contributed by atoms with E-state index in [1.165, 1.54) is 9.80 Å². The molecule has 6 atom stereocenters. The molecule has 6 N–H and O–H groups in total. The number of aliphatic hydroxyl groups excluding tert-OH is 2. The van der Waals surface area contributed by atoms with E-state index in [-0.39, 0.29) is 91.9 Å². The number of hydrogen-bond donors (Lipinski definition) is 6. The number of rotatable bonds is 25. The third-order valence-electron chi connectivity index (χ3n) is 13.0. The number of thiazole rings is 2. The van der Waals surface area contributed by atoms with Crippen LogP contribution in [0, 0.1) is 24.7 Å². The highest BCUT2D eigenvalue weighted by atomic mass is 32.1. The van der Waals surface area contributed by atoms with Gasteiger partial charge in [-0.2, -0.15) is 0 Å². The molecule has 2 aromatic carbocycles. The zero-order valence-electron chi connectivity index (χ0n) is 44.7. The number of nitrogens with one attached hydrogen (secondary N) is 4. The van der Waals surface area contributed by atoms with Gasteiger partial charge in [0.05, 0.1) is 84.0 Å². The Morgan fingerprint density at radius 1 is 0.579 bits per heavy atom. The number of β-amino-alcohol motifs (C(OH)–C–C–N with tert-alkyl or cyclic N) is 2. The highest BCUT2D eigenvalue weighted by Gasteiger charge is 2.46. The lowest BCUT2D eigenvalue weighted by Gasteiger charge is -2.35. The molecule has 6 rings (SSSR count). The summed E-state index contributed by atoms with van der Waals surface area (Å²) in [5.74, 6) is -2.80. The van der Waals surface area contributed by atoms with E-state index in [0.29, 0.717) is 0 Å². The molecule has 0 spiro atoms. The van der Waals surface area contributed by atoms with Gasteiger partial charge in [-0.15, -0.1) is 22.7 Å². The second-order valence-corrected chi connectivity index (χ2v) is 22.9. The minimum absolute atomic E-state index is 0.0450. The van der Waals surface area contributed by atoms with E-state index >= 15 is 0 Å². The number of hydrogen-bond acceptors (Lipinski definition) is 16. The van der Waals surface area contributed by atoms with E-state index in [1.807, 2.05) is 62.4 Å². The second-order valence-electron chi connectivity index (χ2n) is 21.2. The zero-order valence-corrected chi connectivity index (χ0v) is 46.4. The van der Waals surface area contributed by atoms with Crippen molar-refractivity contribution in [2.75, 3.05) is 65.9 Å². The molecule has 0 bridgehead atoms. The van der Waals surface area contributed by atoms with Gasteiger partial charge in [-0.1, -0.05) is 90.1 Å². The van der Waals surface area contributed by atoms with Crippen LogP contribution in [0.25, 0.3) is 20.9 Å². The molecule has 2 aliphatic rings. The molecule has 414 valence electrons. The Hall–Kier alpha value is -5.72. The maximum absolute atomic E-state index is 14.0. The summed E-state index contributed by atoms with van der Waals surface area (Å²) in [6, 6.07) is 11.8. The van der Waals surface area contributed by atoms with Gasteiger partial charge in [-0.3, -0.25) is 28.8 Å². The van der Waals surface area contributed by atoms with Gasteiger partial charge in [-0.25, -0.2) is 9.97 Å². The largest absolute Gasteiger partial charge is 0.391 e. The summed E-state index contributed by atoms with van der Waals surface area (Å²) in [6.07, 6.45) is -1.66. The fourth-order valence-electron chi connectivity index (χ4n) is 8.85. The minimum Gasteiger partial charge on any atom is -0.391 e. The SMILES string of the molecule is Cc1ncsc1-c1ccc(CNC(=O)C2CC(O)CN2C(=O)C(NC(=O)COCCOCCOCCOCC(=O)NC(C(=O)N2CC(O)CC2C(=O)NCc2ccc(-c3scnc3C)cc2)C(C)(C)C)C(C)(C)C)cc1. The van der Waals surface area contributed by atoms with Crippen molar-refractivity contribution in [2.24, 2.45) is 10.8 Å². The molecule has 0 radical (unpaired) electrons. The van der Waals surface area contributed by atoms with Crippen molar-refractivity contribution in [3.63, 3.8) is 0 Å². The number of carbonyl (C=O) groups is 6. The molecule has 76 heavy (non-hydrogen) atoms. The first-order valence-corrected chi connectivity index (χ1v) is 27.3. The lowest BCUT2D eigenvalue weighted by Crippen LogP contribution is -2.58. The van der Waals surface area contributed by atoms with Crippen molar-refractivity contribution < 1.29 is 57.9 Å². The first-order valence-electron chi connectivity index (χ1n) is 25.5. The lowest BCUT2D eigenvalue weighted by molar-refractivity contribution is -0.144. The van der Waals surface area contributed by atoms with Crippen LogP contribution in [-0.4, -0.2) is 168 Å².